The van der Waals surface area contributed by atoms with Gasteiger partial charge in [0.25, 0.3) is 0 Å². The molecule has 6 nitrogen and oxygen atoms in total. The second-order valence-corrected chi connectivity index (χ2v) is 7.56. The molecule has 7 heteroatoms. The van der Waals surface area contributed by atoms with Gasteiger partial charge in [0.15, 0.2) is 5.78 Å². The van der Waals surface area contributed by atoms with Gasteiger partial charge in [-0.2, -0.15) is 4.72 Å². The quantitative estimate of drug-likeness (QED) is 0.805. The molecule has 21 heavy (non-hydrogen) atoms. The molecule has 0 fully saturated rings. The van der Waals surface area contributed by atoms with Crippen LogP contribution >= 0.6 is 0 Å². The number of aliphatic carboxylic acids is 1. The van der Waals surface area contributed by atoms with Crippen LogP contribution < -0.4 is 4.72 Å². The Bertz CT molecular complexity index is 658. The van der Waals surface area contributed by atoms with Crippen LogP contribution in [0.3, 0.4) is 0 Å². The fourth-order valence-corrected chi connectivity index (χ4v) is 3.14. The van der Waals surface area contributed by atoms with Crippen molar-refractivity contribution >= 4 is 21.8 Å². The molecule has 2 N–H and O–H groups in total. The SMILES string of the molecule is CC(=O)c1cccc(S(=O)(=O)N[C@H](C(=O)O)C(C)(C)C)c1. The number of hydrogen-bond acceptors (Lipinski definition) is 4. The maximum atomic E-state index is 12.3. The predicted octanol–water partition coefficient (Wildman–Crippen LogP) is 1.67. The molecular weight excluding hydrogens is 294 g/mol. The molecule has 0 unspecified atom stereocenters. The number of hydrogen-bond donors (Lipinski definition) is 2. The molecule has 0 radical (unpaired) electrons. The molecule has 1 atom stereocenters. The first-order valence-corrected chi connectivity index (χ1v) is 7.79. The van der Waals surface area contributed by atoms with E-state index in [1.54, 1.807) is 20.8 Å². The van der Waals surface area contributed by atoms with Gasteiger partial charge in [0.05, 0.1) is 4.90 Å². The van der Waals surface area contributed by atoms with Crippen molar-refractivity contribution in [3.05, 3.63) is 29.8 Å². The number of rotatable bonds is 5. The van der Waals surface area contributed by atoms with Crippen LogP contribution in [0.25, 0.3) is 0 Å². The first-order valence-electron chi connectivity index (χ1n) is 6.31. The number of carboxylic acid groups (broad SMARTS) is 1. The average Bonchev–Trinajstić information content (AvgIpc) is 2.34. The van der Waals surface area contributed by atoms with E-state index in [2.05, 4.69) is 4.72 Å². The smallest absolute Gasteiger partial charge is 0.322 e. The third-order valence-corrected chi connectivity index (χ3v) is 4.36. The van der Waals surface area contributed by atoms with E-state index >= 15 is 0 Å². The zero-order chi connectivity index (χ0) is 16.4. The summed E-state index contributed by atoms with van der Waals surface area (Å²) in [5.41, 5.74) is -0.544. The number of carboxylic acids is 1. The summed E-state index contributed by atoms with van der Waals surface area (Å²) < 4.78 is 26.7. The van der Waals surface area contributed by atoms with Crippen molar-refractivity contribution < 1.29 is 23.1 Å². The Balaban J connectivity index is 3.20. The third-order valence-electron chi connectivity index (χ3n) is 2.94. The van der Waals surface area contributed by atoms with Gasteiger partial charge >= 0.3 is 5.97 Å². The Hall–Kier alpha value is -1.73. The monoisotopic (exact) mass is 313 g/mol. The molecule has 0 aliphatic rings. The van der Waals surface area contributed by atoms with Crippen LogP contribution in [0, 0.1) is 5.41 Å². The standard InChI is InChI=1S/C14H19NO5S/c1-9(16)10-6-5-7-11(8-10)21(19,20)15-12(13(17)18)14(2,3)4/h5-8,12,15H,1-4H3,(H,17,18)/t12-/m1/s1. The van der Waals surface area contributed by atoms with E-state index in [0.29, 0.717) is 0 Å². The van der Waals surface area contributed by atoms with Crippen LogP contribution in [-0.4, -0.2) is 31.3 Å². The van der Waals surface area contributed by atoms with Crippen LogP contribution in [0.4, 0.5) is 0 Å². The summed E-state index contributed by atoms with van der Waals surface area (Å²) in [6.07, 6.45) is 0. The van der Waals surface area contributed by atoms with E-state index < -0.39 is 27.4 Å². The van der Waals surface area contributed by atoms with Gasteiger partial charge in [0, 0.05) is 5.56 Å². The van der Waals surface area contributed by atoms with Gasteiger partial charge in [-0.3, -0.25) is 9.59 Å². The van der Waals surface area contributed by atoms with Crippen molar-refractivity contribution in [1.82, 2.24) is 4.72 Å². The minimum Gasteiger partial charge on any atom is -0.480 e. The number of ketones is 1. The lowest BCUT2D eigenvalue weighted by Gasteiger charge is -2.27. The lowest BCUT2D eigenvalue weighted by atomic mass is 9.88. The first kappa shape index (κ1) is 17.3. The molecule has 1 rings (SSSR count). The molecule has 0 saturated heterocycles. The van der Waals surface area contributed by atoms with Crippen molar-refractivity contribution in [2.45, 2.75) is 38.6 Å². The van der Waals surface area contributed by atoms with Crippen LogP contribution in [-0.2, 0) is 14.8 Å². The van der Waals surface area contributed by atoms with Crippen LogP contribution in [0.1, 0.15) is 38.1 Å². The first-order chi connectivity index (χ1) is 9.45. The molecule has 1 aromatic rings. The minimum atomic E-state index is -4.03. The molecule has 0 heterocycles. The lowest BCUT2D eigenvalue weighted by Crippen LogP contribution is -2.48. The molecule has 116 valence electrons. The summed E-state index contributed by atoms with van der Waals surface area (Å²) in [6.45, 7) is 6.20. The highest BCUT2D eigenvalue weighted by Crippen LogP contribution is 2.22. The van der Waals surface area contributed by atoms with E-state index in [9.17, 15) is 23.1 Å². The van der Waals surface area contributed by atoms with Gasteiger partial charge in [-0.25, -0.2) is 8.42 Å². The number of carbonyl (C=O) groups excluding carboxylic acids is 1. The van der Waals surface area contributed by atoms with Crippen molar-refractivity contribution in [2.24, 2.45) is 5.41 Å². The fourth-order valence-electron chi connectivity index (χ4n) is 1.70. The summed E-state index contributed by atoms with van der Waals surface area (Å²) in [5, 5.41) is 9.18. The Labute approximate surface area is 124 Å². The molecule has 0 bridgehead atoms. The largest absolute Gasteiger partial charge is 0.480 e. The average molecular weight is 313 g/mol. The van der Waals surface area contributed by atoms with Crippen molar-refractivity contribution in [2.75, 3.05) is 0 Å². The second-order valence-electron chi connectivity index (χ2n) is 5.84. The van der Waals surface area contributed by atoms with Gasteiger partial charge < -0.3 is 5.11 Å². The Morgan fingerprint density at radius 3 is 2.24 bits per heavy atom. The summed E-state index contributed by atoms with van der Waals surface area (Å²) in [6, 6.07) is 4.21. The molecule has 0 aliphatic heterocycles. The van der Waals surface area contributed by atoms with E-state index in [1.165, 1.54) is 31.2 Å². The maximum absolute atomic E-state index is 12.3. The molecule has 0 spiro atoms. The van der Waals surface area contributed by atoms with E-state index in [-0.39, 0.29) is 16.2 Å². The predicted molar refractivity (Wildman–Crippen MR) is 77.6 cm³/mol. The lowest BCUT2D eigenvalue weighted by molar-refractivity contribution is -0.141. The van der Waals surface area contributed by atoms with Gasteiger partial charge in [-0.05, 0) is 24.5 Å². The molecular formula is C14H19NO5S. The number of nitrogens with one attached hydrogen (secondary N) is 1. The topological polar surface area (TPSA) is 101 Å². The van der Waals surface area contributed by atoms with Crippen LogP contribution in [0.15, 0.2) is 29.2 Å². The summed E-state index contributed by atoms with van der Waals surface area (Å²) in [5.74, 6) is -1.52. The van der Waals surface area contributed by atoms with Crippen molar-refractivity contribution in [1.29, 1.82) is 0 Å². The van der Waals surface area contributed by atoms with Gasteiger partial charge in [0.2, 0.25) is 10.0 Å². The summed E-state index contributed by atoms with van der Waals surface area (Å²) in [7, 11) is -4.03. The van der Waals surface area contributed by atoms with E-state index in [4.69, 9.17) is 0 Å². The molecule has 0 aliphatic carbocycles. The Morgan fingerprint density at radius 1 is 1.24 bits per heavy atom. The molecule has 0 saturated carbocycles. The highest BCUT2D eigenvalue weighted by atomic mass is 32.2. The molecule has 1 aromatic carbocycles. The highest BCUT2D eigenvalue weighted by Gasteiger charge is 2.35. The number of Topliss-reactive ketones (excluding diaryl/α,β-unsaturated/α-hetero) is 1. The zero-order valence-electron chi connectivity index (χ0n) is 12.4. The highest BCUT2D eigenvalue weighted by molar-refractivity contribution is 7.89. The number of carbonyl (C=O) groups is 2. The number of sulfonamides is 1. The Morgan fingerprint density at radius 2 is 1.81 bits per heavy atom. The normalized spacial score (nSPS) is 13.7. The minimum absolute atomic E-state index is 0.134. The summed E-state index contributed by atoms with van der Waals surface area (Å²) in [4.78, 5) is 22.4. The van der Waals surface area contributed by atoms with E-state index in [1.807, 2.05) is 0 Å². The van der Waals surface area contributed by atoms with Crippen molar-refractivity contribution in [3.63, 3.8) is 0 Å². The van der Waals surface area contributed by atoms with Gasteiger partial charge in [-0.1, -0.05) is 32.9 Å². The second kappa shape index (κ2) is 5.95. The fraction of sp³-hybridized carbons (Fsp3) is 0.429. The van der Waals surface area contributed by atoms with Crippen molar-refractivity contribution in [3.8, 4) is 0 Å². The third kappa shape index (κ3) is 4.37. The molecule has 0 aromatic heterocycles. The maximum Gasteiger partial charge on any atom is 0.322 e. The Kier molecular flexibility index (Phi) is 4.91. The van der Waals surface area contributed by atoms with Gasteiger partial charge in [0.1, 0.15) is 6.04 Å². The van der Waals surface area contributed by atoms with E-state index in [0.717, 1.165) is 0 Å². The van der Waals surface area contributed by atoms with Crippen LogP contribution in [0.2, 0.25) is 0 Å². The summed E-state index contributed by atoms with van der Waals surface area (Å²) >= 11 is 0. The molecule has 0 amide bonds. The van der Waals surface area contributed by atoms with Crippen LogP contribution in [0.5, 0.6) is 0 Å². The number of benzene rings is 1. The van der Waals surface area contributed by atoms with Gasteiger partial charge in [-0.15, -0.1) is 0 Å². The zero-order valence-corrected chi connectivity index (χ0v) is 13.2.